The molecule has 0 radical (unpaired) electrons. The van der Waals surface area contributed by atoms with Crippen LogP contribution in [0.3, 0.4) is 0 Å². The summed E-state index contributed by atoms with van der Waals surface area (Å²) in [7, 11) is 0. The lowest BCUT2D eigenvalue weighted by atomic mass is 10.0. The van der Waals surface area contributed by atoms with Gasteiger partial charge >= 0.3 is 0 Å². The van der Waals surface area contributed by atoms with Crippen LogP contribution in [0.1, 0.15) is 31.1 Å². The van der Waals surface area contributed by atoms with Gasteiger partial charge < -0.3 is 19.1 Å². The molecule has 3 heterocycles. The number of nitrogens with zero attached hydrogens (tertiary/aromatic N) is 4. The first-order valence-electron chi connectivity index (χ1n) is 7.17. The quantitative estimate of drug-likeness (QED) is 0.778. The predicted octanol–water partition coefficient (Wildman–Crippen LogP) is -0.0180. The Morgan fingerprint density at radius 3 is 3.05 bits per heavy atom. The third-order valence-electron chi connectivity index (χ3n) is 3.91. The molecule has 0 aromatic carbocycles. The van der Waals surface area contributed by atoms with Gasteiger partial charge in [0.05, 0.1) is 19.2 Å². The largest absolute Gasteiger partial charge is 0.370 e. The van der Waals surface area contributed by atoms with Crippen molar-refractivity contribution < 1.29 is 18.8 Å². The van der Waals surface area contributed by atoms with Crippen molar-refractivity contribution >= 4 is 11.8 Å². The third kappa shape index (κ3) is 3.05. The molecule has 2 aliphatic rings. The van der Waals surface area contributed by atoms with Gasteiger partial charge in [0.1, 0.15) is 6.61 Å². The van der Waals surface area contributed by atoms with Crippen LogP contribution < -0.4 is 0 Å². The third-order valence-corrected chi connectivity index (χ3v) is 3.91. The molecule has 2 fully saturated rings. The van der Waals surface area contributed by atoms with Crippen LogP contribution in [0.5, 0.6) is 0 Å². The van der Waals surface area contributed by atoms with Gasteiger partial charge in [-0.05, 0) is 19.3 Å². The zero-order valence-electron chi connectivity index (χ0n) is 11.7. The number of carbonyl (C=O) groups excluding carboxylic acids is 2. The van der Waals surface area contributed by atoms with Crippen molar-refractivity contribution in [1.82, 2.24) is 19.9 Å². The van der Waals surface area contributed by atoms with E-state index in [1.54, 1.807) is 9.80 Å². The maximum atomic E-state index is 12.5. The second kappa shape index (κ2) is 6.21. The number of hydrogen-bond donors (Lipinski definition) is 0. The highest BCUT2D eigenvalue weighted by Gasteiger charge is 2.32. The van der Waals surface area contributed by atoms with Gasteiger partial charge in [-0.2, -0.15) is 4.98 Å². The maximum Gasteiger partial charge on any atom is 0.249 e. The highest BCUT2D eigenvalue weighted by atomic mass is 16.5. The van der Waals surface area contributed by atoms with E-state index in [0.29, 0.717) is 25.5 Å². The summed E-state index contributed by atoms with van der Waals surface area (Å²) in [5, 5.41) is 3.85. The topological polar surface area (TPSA) is 88.8 Å². The summed E-state index contributed by atoms with van der Waals surface area (Å²) in [5.74, 6) is 0.332. The fourth-order valence-electron chi connectivity index (χ4n) is 2.80. The number of morpholine rings is 1. The van der Waals surface area contributed by atoms with E-state index in [1.807, 2.05) is 0 Å². The minimum Gasteiger partial charge on any atom is -0.370 e. The highest BCUT2D eigenvalue weighted by molar-refractivity contribution is 5.86. The Balaban J connectivity index is 1.68. The first-order chi connectivity index (χ1) is 10.3. The van der Waals surface area contributed by atoms with Crippen LogP contribution in [-0.4, -0.2) is 64.6 Å². The Labute approximate surface area is 122 Å². The van der Waals surface area contributed by atoms with Gasteiger partial charge in [0, 0.05) is 13.1 Å². The van der Waals surface area contributed by atoms with E-state index in [-0.39, 0.29) is 31.0 Å². The van der Waals surface area contributed by atoms with E-state index < -0.39 is 0 Å². The summed E-state index contributed by atoms with van der Waals surface area (Å²) in [5.41, 5.74) is 0. The lowest BCUT2D eigenvalue weighted by Gasteiger charge is -2.36. The number of carbonyl (C=O) groups is 2. The van der Waals surface area contributed by atoms with Crippen molar-refractivity contribution in [3.63, 3.8) is 0 Å². The molecule has 2 saturated heterocycles. The van der Waals surface area contributed by atoms with Crippen LogP contribution in [0.25, 0.3) is 0 Å². The van der Waals surface area contributed by atoms with Crippen LogP contribution in [0.4, 0.5) is 0 Å². The summed E-state index contributed by atoms with van der Waals surface area (Å²) < 4.78 is 9.85. The maximum absolute atomic E-state index is 12.5. The molecule has 2 aliphatic heterocycles. The summed E-state index contributed by atoms with van der Waals surface area (Å²) in [6.45, 7) is 1.76. The average molecular weight is 294 g/mol. The van der Waals surface area contributed by atoms with Gasteiger partial charge in [-0.25, -0.2) is 0 Å². The molecule has 0 spiro atoms. The number of piperidine rings is 1. The fourth-order valence-corrected chi connectivity index (χ4v) is 2.80. The average Bonchev–Trinajstić information content (AvgIpc) is 3.04. The molecule has 0 saturated carbocycles. The molecular weight excluding hydrogens is 276 g/mol. The van der Waals surface area contributed by atoms with Gasteiger partial charge in [-0.1, -0.05) is 5.16 Å². The lowest BCUT2D eigenvalue weighted by Crippen LogP contribution is -2.49. The lowest BCUT2D eigenvalue weighted by molar-refractivity contribution is -0.150. The summed E-state index contributed by atoms with van der Waals surface area (Å²) in [4.78, 5) is 31.6. The van der Waals surface area contributed by atoms with E-state index in [9.17, 15) is 9.59 Å². The van der Waals surface area contributed by atoms with Crippen LogP contribution in [0, 0.1) is 0 Å². The van der Waals surface area contributed by atoms with Crippen LogP contribution in [-0.2, 0) is 14.3 Å². The SMILES string of the molecule is O=C1COCCN1CC(=O)N1CCCCC1c1ncon1. The summed E-state index contributed by atoms with van der Waals surface area (Å²) in [6.07, 6.45) is 4.08. The number of ether oxygens (including phenoxy) is 1. The van der Waals surface area contributed by atoms with Crippen LogP contribution in [0.2, 0.25) is 0 Å². The van der Waals surface area contributed by atoms with Crippen molar-refractivity contribution in [3.8, 4) is 0 Å². The van der Waals surface area contributed by atoms with Gasteiger partial charge in [0.25, 0.3) is 0 Å². The number of likely N-dealkylation sites (tertiary alicyclic amines) is 1. The molecule has 2 amide bonds. The van der Waals surface area contributed by atoms with Crippen molar-refractivity contribution in [2.24, 2.45) is 0 Å². The zero-order valence-corrected chi connectivity index (χ0v) is 11.7. The minimum absolute atomic E-state index is 0.0571. The fraction of sp³-hybridized carbons (Fsp3) is 0.692. The molecule has 0 aliphatic carbocycles. The van der Waals surface area contributed by atoms with Crippen molar-refractivity contribution in [2.75, 3.05) is 32.8 Å². The zero-order chi connectivity index (χ0) is 14.7. The van der Waals surface area contributed by atoms with Crippen molar-refractivity contribution in [2.45, 2.75) is 25.3 Å². The molecular formula is C13H18N4O4. The molecule has 1 aromatic rings. The molecule has 1 unspecified atom stereocenters. The molecule has 8 heteroatoms. The Bertz CT molecular complexity index is 504. The monoisotopic (exact) mass is 294 g/mol. The highest BCUT2D eigenvalue weighted by Crippen LogP contribution is 2.28. The van der Waals surface area contributed by atoms with Crippen molar-refractivity contribution in [3.05, 3.63) is 12.2 Å². The first kappa shape index (κ1) is 14.0. The van der Waals surface area contributed by atoms with Gasteiger partial charge in [0.15, 0.2) is 5.82 Å². The van der Waals surface area contributed by atoms with Crippen molar-refractivity contribution in [1.29, 1.82) is 0 Å². The Hall–Kier alpha value is -1.96. The van der Waals surface area contributed by atoms with E-state index in [2.05, 4.69) is 10.1 Å². The molecule has 114 valence electrons. The molecule has 0 bridgehead atoms. The van der Waals surface area contributed by atoms with Gasteiger partial charge in [-0.3, -0.25) is 9.59 Å². The molecule has 1 atom stereocenters. The number of hydrogen-bond acceptors (Lipinski definition) is 6. The Morgan fingerprint density at radius 1 is 1.38 bits per heavy atom. The molecule has 21 heavy (non-hydrogen) atoms. The summed E-state index contributed by atoms with van der Waals surface area (Å²) in [6, 6.07) is -0.152. The molecule has 0 N–H and O–H groups in total. The van der Waals surface area contributed by atoms with Gasteiger partial charge in [0.2, 0.25) is 18.2 Å². The smallest absolute Gasteiger partial charge is 0.249 e. The number of rotatable bonds is 3. The second-order valence-corrected chi connectivity index (χ2v) is 5.26. The molecule has 3 rings (SSSR count). The van der Waals surface area contributed by atoms with E-state index in [1.165, 1.54) is 6.39 Å². The standard InChI is InChI=1S/C13H18N4O4/c18-11(7-16-5-6-20-8-12(16)19)17-4-2-1-3-10(17)13-14-9-21-15-13/h9-10H,1-8H2. The number of amides is 2. The Kier molecular flexibility index (Phi) is 4.14. The van der Waals surface area contributed by atoms with E-state index in [0.717, 1.165) is 19.3 Å². The first-order valence-corrected chi connectivity index (χ1v) is 7.17. The van der Waals surface area contributed by atoms with E-state index >= 15 is 0 Å². The predicted molar refractivity (Wildman–Crippen MR) is 70.0 cm³/mol. The Morgan fingerprint density at radius 2 is 2.29 bits per heavy atom. The molecule has 1 aromatic heterocycles. The normalized spacial score (nSPS) is 23.4. The summed E-state index contributed by atoms with van der Waals surface area (Å²) >= 11 is 0. The van der Waals surface area contributed by atoms with Crippen LogP contribution >= 0.6 is 0 Å². The van der Waals surface area contributed by atoms with E-state index in [4.69, 9.17) is 9.26 Å². The number of aromatic nitrogens is 2. The minimum atomic E-state index is -0.152. The molecule has 8 nitrogen and oxygen atoms in total. The second-order valence-electron chi connectivity index (χ2n) is 5.26. The van der Waals surface area contributed by atoms with Crippen LogP contribution in [0.15, 0.2) is 10.9 Å². The van der Waals surface area contributed by atoms with Gasteiger partial charge in [-0.15, -0.1) is 0 Å².